The Kier molecular flexibility index (Phi) is 7.84. The number of nitrogens with one attached hydrogen (secondary N) is 2. The third-order valence-electron chi connectivity index (χ3n) is 5.46. The molecule has 28 heavy (non-hydrogen) atoms. The fraction of sp³-hybridized carbons (Fsp3) is 0.571. The Morgan fingerprint density at radius 3 is 2.61 bits per heavy atom. The van der Waals surface area contributed by atoms with E-state index in [4.69, 9.17) is 9.47 Å². The number of amides is 2. The summed E-state index contributed by atoms with van der Waals surface area (Å²) in [6, 6.07) is 6.81. The second kappa shape index (κ2) is 10.1. The molecule has 0 aliphatic heterocycles. The molecule has 0 aromatic heterocycles. The van der Waals surface area contributed by atoms with E-state index in [1.165, 1.54) is 20.5 Å². The number of ether oxygens (including phenoxy) is 2. The molecule has 0 radical (unpaired) electrons. The molecule has 1 aromatic rings. The zero-order valence-electron chi connectivity index (χ0n) is 17.0. The number of para-hydroxylation sites is 1. The van der Waals surface area contributed by atoms with E-state index < -0.39 is 18.0 Å². The summed E-state index contributed by atoms with van der Waals surface area (Å²) in [6.07, 6.45) is 2.27. The molecule has 0 spiro atoms. The van der Waals surface area contributed by atoms with E-state index in [-0.39, 0.29) is 18.5 Å². The van der Waals surface area contributed by atoms with E-state index in [2.05, 4.69) is 24.5 Å². The summed E-state index contributed by atoms with van der Waals surface area (Å²) in [5, 5.41) is 5.48. The maximum absolute atomic E-state index is 12.3. The molecule has 0 bridgehead atoms. The van der Waals surface area contributed by atoms with Crippen molar-refractivity contribution in [1.82, 2.24) is 10.6 Å². The Hall–Kier alpha value is -2.57. The Morgan fingerprint density at radius 2 is 1.89 bits per heavy atom. The first-order valence-corrected chi connectivity index (χ1v) is 9.74. The molecule has 0 unspecified atom stereocenters. The summed E-state index contributed by atoms with van der Waals surface area (Å²) in [4.78, 5) is 36.6. The molecule has 7 heteroatoms. The lowest BCUT2D eigenvalue weighted by Gasteiger charge is -2.35. The van der Waals surface area contributed by atoms with Crippen molar-refractivity contribution in [2.75, 3.05) is 13.7 Å². The fourth-order valence-electron chi connectivity index (χ4n) is 3.46. The Labute approximate surface area is 166 Å². The van der Waals surface area contributed by atoms with Gasteiger partial charge < -0.3 is 20.1 Å². The van der Waals surface area contributed by atoms with Crippen LogP contribution in [0, 0.1) is 11.8 Å². The van der Waals surface area contributed by atoms with Crippen LogP contribution < -0.4 is 15.4 Å². The van der Waals surface area contributed by atoms with Gasteiger partial charge in [0.15, 0.2) is 6.10 Å². The van der Waals surface area contributed by atoms with Gasteiger partial charge in [-0.1, -0.05) is 38.8 Å². The van der Waals surface area contributed by atoms with Crippen LogP contribution in [-0.2, 0) is 14.3 Å². The minimum absolute atomic E-state index is 0.0997. The van der Waals surface area contributed by atoms with Gasteiger partial charge in [0, 0.05) is 6.04 Å². The van der Waals surface area contributed by atoms with Gasteiger partial charge in [-0.3, -0.25) is 14.4 Å². The molecule has 4 atom stereocenters. The first kappa shape index (κ1) is 21.7. The molecule has 1 aromatic carbocycles. The van der Waals surface area contributed by atoms with Crippen LogP contribution in [0.15, 0.2) is 24.3 Å². The monoisotopic (exact) mass is 390 g/mol. The van der Waals surface area contributed by atoms with Gasteiger partial charge in [-0.05, 0) is 37.3 Å². The van der Waals surface area contributed by atoms with E-state index in [1.54, 1.807) is 24.3 Å². The highest BCUT2D eigenvalue weighted by atomic mass is 16.5. The van der Waals surface area contributed by atoms with Gasteiger partial charge in [-0.15, -0.1) is 0 Å². The molecule has 1 fully saturated rings. The molecule has 154 valence electrons. The average molecular weight is 390 g/mol. The molecule has 0 heterocycles. The van der Waals surface area contributed by atoms with E-state index in [1.807, 2.05) is 0 Å². The standard InChI is InChI=1S/C21H30N2O5/c1-13-8-7-10-17(14(13)2)23-20(25)15(3)28-19(24)12-22-21(26)16-9-5-6-11-18(16)27-4/h5-6,9,11,13-15,17H,7-8,10,12H2,1-4H3,(H,22,26)(H,23,25)/t13-,14-,15-,17-/m1/s1. The summed E-state index contributed by atoms with van der Waals surface area (Å²) in [7, 11) is 1.47. The second-order valence-corrected chi connectivity index (χ2v) is 7.40. The lowest BCUT2D eigenvalue weighted by atomic mass is 9.78. The van der Waals surface area contributed by atoms with Crippen LogP contribution in [-0.4, -0.2) is 43.6 Å². The first-order chi connectivity index (χ1) is 13.3. The molecule has 1 saturated carbocycles. The number of rotatable bonds is 7. The number of hydrogen-bond acceptors (Lipinski definition) is 5. The van der Waals surface area contributed by atoms with Crippen molar-refractivity contribution < 1.29 is 23.9 Å². The number of methoxy groups -OCH3 is 1. The van der Waals surface area contributed by atoms with Gasteiger partial charge in [0.1, 0.15) is 12.3 Å². The van der Waals surface area contributed by atoms with Crippen LogP contribution >= 0.6 is 0 Å². The smallest absolute Gasteiger partial charge is 0.326 e. The van der Waals surface area contributed by atoms with Gasteiger partial charge >= 0.3 is 5.97 Å². The number of esters is 1. The molecule has 7 nitrogen and oxygen atoms in total. The molecule has 0 saturated heterocycles. The third kappa shape index (κ3) is 5.71. The fourth-order valence-corrected chi connectivity index (χ4v) is 3.46. The lowest BCUT2D eigenvalue weighted by Crippen LogP contribution is -2.48. The van der Waals surface area contributed by atoms with Gasteiger partial charge in [0.25, 0.3) is 11.8 Å². The van der Waals surface area contributed by atoms with Gasteiger partial charge in [-0.25, -0.2) is 0 Å². The molecule has 2 N–H and O–H groups in total. The Bertz CT molecular complexity index is 706. The topological polar surface area (TPSA) is 93.7 Å². The predicted molar refractivity (Wildman–Crippen MR) is 105 cm³/mol. The van der Waals surface area contributed by atoms with Gasteiger partial charge in [0.2, 0.25) is 0 Å². The summed E-state index contributed by atoms with van der Waals surface area (Å²) in [5.41, 5.74) is 0.323. The summed E-state index contributed by atoms with van der Waals surface area (Å²) in [5.74, 6) is -0.0670. The number of benzene rings is 1. The Morgan fingerprint density at radius 1 is 1.18 bits per heavy atom. The first-order valence-electron chi connectivity index (χ1n) is 9.74. The molecular formula is C21H30N2O5. The van der Waals surface area contributed by atoms with Crippen molar-refractivity contribution in [3.05, 3.63) is 29.8 Å². The molecular weight excluding hydrogens is 360 g/mol. The van der Waals surface area contributed by atoms with Crippen LogP contribution in [0.5, 0.6) is 5.75 Å². The lowest BCUT2D eigenvalue weighted by molar-refractivity contribution is -0.154. The minimum Gasteiger partial charge on any atom is -0.496 e. The molecule has 1 aliphatic rings. The maximum atomic E-state index is 12.3. The van der Waals surface area contributed by atoms with Crippen molar-refractivity contribution in [2.45, 2.75) is 52.2 Å². The number of carbonyl (C=O) groups is 3. The number of hydrogen-bond donors (Lipinski definition) is 2. The van der Waals surface area contributed by atoms with E-state index in [0.29, 0.717) is 23.1 Å². The van der Waals surface area contributed by atoms with Crippen LogP contribution in [0.25, 0.3) is 0 Å². The van der Waals surface area contributed by atoms with E-state index >= 15 is 0 Å². The zero-order chi connectivity index (χ0) is 20.7. The zero-order valence-corrected chi connectivity index (χ0v) is 17.0. The van der Waals surface area contributed by atoms with Crippen LogP contribution in [0.2, 0.25) is 0 Å². The average Bonchev–Trinajstić information content (AvgIpc) is 2.69. The summed E-state index contributed by atoms with van der Waals surface area (Å²) >= 11 is 0. The van der Waals surface area contributed by atoms with Crippen molar-refractivity contribution in [1.29, 1.82) is 0 Å². The van der Waals surface area contributed by atoms with Crippen LogP contribution in [0.3, 0.4) is 0 Å². The van der Waals surface area contributed by atoms with E-state index in [9.17, 15) is 14.4 Å². The highest BCUT2D eigenvalue weighted by molar-refractivity contribution is 5.98. The summed E-state index contributed by atoms with van der Waals surface area (Å²) in [6.45, 7) is 5.53. The molecule has 2 rings (SSSR count). The molecule has 1 aliphatic carbocycles. The minimum atomic E-state index is -0.917. The van der Waals surface area contributed by atoms with Crippen LogP contribution in [0.1, 0.15) is 50.4 Å². The molecule has 2 amide bonds. The highest BCUT2D eigenvalue weighted by Gasteiger charge is 2.30. The van der Waals surface area contributed by atoms with Crippen LogP contribution in [0.4, 0.5) is 0 Å². The van der Waals surface area contributed by atoms with E-state index in [0.717, 1.165) is 12.8 Å². The van der Waals surface area contributed by atoms with Gasteiger partial charge in [0.05, 0.1) is 12.7 Å². The van der Waals surface area contributed by atoms with Crippen molar-refractivity contribution >= 4 is 17.8 Å². The second-order valence-electron chi connectivity index (χ2n) is 7.40. The largest absolute Gasteiger partial charge is 0.496 e. The number of carbonyl (C=O) groups excluding carboxylic acids is 3. The summed E-state index contributed by atoms with van der Waals surface area (Å²) < 4.78 is 10.3. The SMILES string of the molecule is COc1ccccc1C(=O)NCC(=O)O[C@H](C)C(=O)N[C@@H]1CCC[C@@H](C)[C@H]1C. The normalized spacial score (nSPS) is 22.6. The predicted octanol–water partition coefficient (Wildman–Crippen LogP) is 2.30. The quantitative estimate of drug-likeness (QED) is 0.697. The van der Waals surface area contributed by atoms with Crippen molar-refractivity contribution in [3.8, 4) is 5.75 Å². The van der Waals surface area contributed by atoms with Gasteiger partial charge in [-0.2, -0.15) is 0 Å². The highest BCUT2D eigenvalue weighted by Crippen LogP contribution is 2.29. The maximum Gasteiger partial charge on any atom is 0.326 e. The van der Waals surface area contributed by atoms with Crippen molar-refractivity contribution in [2.24, 2.45) is 11.8 Å². The Balaban J connectivity index is 1.80. The van der Waals surface area contributed by atoms with Crippen molar-refractivity contribution in [3.63, 3.8) is 0 Å². The third-order valence-corrected chi connectivity index (χ3v) is 5.46.